The summed E-state index contributed by atoms with van der Waals surface area (Å²) in [5.41, 5.74) is -0.273. The van der Waals surface area contributed by atoms with Crippen molar-refractivity contribution in [2.45, 2.75) is 59.0 Å². The number of hydrogen-bond acceptors (Lipinski definition) is 4. The van der Waals surface area contributed by atoms with E-state index >= 15 is 0 Å². The zero-order valence-electron chi connectivity index (χ0n) is 12.3. The van der Waals surface area contributed by atoms with Crippen LogP contribution in [0.4, 0.5) is 3.89 Å². The third kappa shape index (κ3) is 3.32. The molecule has 1 aliphatic carbocycles. The van der Waals surface area contributed by atoms with Gasteiger partial charge in [0.25, 0.3) is 0 Å². The van der Waals surface area contributed by atoms with Gasteiger partial charge in [-0.1, -0.05) is 20.8 Å². The standard InChI is InChI=1S/C14H23FO4S/c1-13(2,3)10-4-6-14(7-5-10)8-12(16)19-11(14)9-20(15,17)18/h10-11H,4-9H2,1-3H3. The van der Waals surface area contributed by atoms with Gasteiger partial charge in [0.15, 0.2) is 0 Å². The molecule has 0 bridgehead atoms. The Morgan fingerprint density at radius 1 is 1.30 bits per heavy atom. The Morgan fingerprint density at radius 3 is 2.30 bits per heavy atom. The van der Waals surface area contributed by atoms with Crippen molar-refractivity contribution in [3.05, 3.63) is 0 Å². The lowest BCUT2D eigenvalue weighted by molar-refractivity contribution is -0.141. The largest absolute Gasteiger partial charge is 0.461 e. The Labute approximate surface area is 120 Å². The molecule has 0 aromatic carbocycles. The number of carbonyl (C=O) groups is 1. The number of esters is 1. The molecule has 1 spiro atoms. The molecule has 2 fully saturated rings. The van der Waals surface area contributed by atoms with E-state index in [-0.39, 0.29) is 11.8 Å². The van der Waals surface area contributed by atoms with Crippen LogP contribution in [0.2, 0.25) is 0 Å². The molecule has 1 unspecified atom stereocenters. The number of hydrogen-bond donors (Lipinski definition) is 0. The SMILES string of the molecule is CC(C)(C)C1CCC2(CC1)CC(=O)OC2CS(=O)(=O)F. The van der Waals surface area contributed by atoms with Crippen LogP contribution in [-0.4, -0.2) is 26.2 Å². The summed E-state index contributed by atoms with van der Waals surface area (Å²) in [7, 11) is -4.63. The van der Waals surface area contributed by atoms with Gasteiger partial charge in [-0.3, -0.25) is 4.79 Å². The minimum Gasteiger partial charge on any atom is -0.461 e. The van der Waals surface area contributed by atoms with Gasteiger partial charge in [-0.25, -0.2) is 0 Å². The smallest absolute Gasteiger partial charge is 0.306 e. The molecule has 1 saturated carbocycles. The van der Waals surface area contributed by atoms with Crippen molar-refractivity contribution < 1.29 is 21.8 Å². The Bertz CT molecular complexity index is 484. The minimum atomic E-state index is -4.63. The van der Waals surface area contributed by atoms with Gasteiger partial charge in [0.1, 0.15) is 11.9 Å². The highest BCUT2D eigenvalue weighted by Crippen LogP contribution is 2.52. The average molecular weight is 306 g/mol. The molecule has 2 rings (SSSR count). The molecule has 4 nitrogen and oxygen atoms in total. The highest BCUT2D eigenvalue weighted by molar-refractivity contribution is 7.86. The van der Waals surface area contributed by atoms with Crippen LogP contribution in [0.3, 0.4) is 0 Å². The molecule has 116 valence electrons. The molecule has 0 amide bonds. The maximum Gasteiger partial charge on any atom is 0.306 e. The molecule has 20 heavy (non-hydrogen) atoms. The van der Waals surface area contributed by atoms with Crippen LogP contribution >= 0.6 is 0 Å². The molecule has 0 aromatic heterocycles. The van der Waals surface area contributed by atoms with Gasteiger partial charge < -0.3 is 4.74 Å². The molecular formula is C14H23FO4S. The second-order valence-electron chi connectivity index (χ2n) is 7.36. The molecule has 1 heterocycles. The topological polar surface area (TPSA) is 60.4 Å². The third-order valence-corrected chi connectivity index (χ3v) is 5.71. The Balaban J connectivity index is 2.12. The zero-order valence-corrected chi connectivity index (χ0v) is 13.1. The first-order chi connectivity index (χ1) is 9.02. The van der Waals surface area contributed by atoms with Gasteiger partial charge in [0, 0.05) is 5.41 Å². The van der Waals surface area contributed by atoms with Crippen LogP contribution in [0.25, 0.3) is 0 Å². The fraction of sp³-hybridized carbons (Fsp3) is 0.929. The van der Waals surface area contributed by atoms with Crippen LogP contribution in [-0.2, 0) is 19.8 Å². The summed E-state index contributed by atoms with van der Waals surface area (Å²) in [6.45, 7) is 6.57. The Morgan fingerprint density at radius 2 is 1.85 bits per heavy atom. The van der Waals surface area contributed by atoms with Crippen molar-refractivity contribution in [2.75, 3.05) is 5.75 Å². The first-order valence-electron chi connectivity index (χ1n) is 7.14. The summed E-state index contributed by atoms with van der Waals surface area (Å²) in [5, 5.41) is 0. The fourth-order valence-corrected chi connectivity index (χ4v) is 4.46. The third-order valence-electron chi connectivity index (χ3n) is 5.01. The van der Waals surface area contributed by atoms with E-state index in [1.54, 1.807) is 0 Å². The summed E-state index contributed by atoms with van der Waals surface area (Å²) in [4.78, 5) is 11.6. The van der Waals surface area contributed by atoms with Gasteiger partial charge in [0.2, 0.25) is 0 Å². The first-order valence-corrected chi connectivity index (χ1v) is 8.69. The van der Waals surface area contributed by atoms with Gasteiger partial charge in [0.05, 0.1) is 6.42 Å². The number of rotatable bonds is 2. The second-order valence-corrected chi connectivity index (χ2v) is 8.77. The maximum absolute atomic E-state index is 13.0. The number of halogens is 1. The van der Waals surface area contributed by atoms with Crippen molar-refractivity contribution in [1.82, 2.24) is 0 Å². The summed E-state index contributed by atoms with van der Waals surface area (Å²) in [6.07, 6.45) is 2.75. The number of cyclic esters (lactones) is 1. The van der Waals surface area contributed by atoms with Crippen LogP contribution in [0.15, 0.2) is 0 Å². The quantitative estimate of drug-likeness (QED) is 0.581. The van der Waals surface area contributed by atoms with E-state index < -0.39 is 33.5 Å². The summed E-state index contributed by atoms with van der Waals surface area (Å²) < 4.78 is 39.8. The lowest BCUT2D eigenvalue weighted by Gasteiger charge is -2.43. The van der Waals surface area contributed by atoms with Gasteiger partial charge in [-0.05, 0) is 37.0 Å². The van der Waals surface area contributed by atoms with Gasteiger partial charge in [-0.2, -0.15) is 8.42 Å². The molecule has 1 atom stereocenters. The normalized spacial score (nSPS) is 35.3. The Hall–Kier alpha value is -0.650. The number of carbonyl (C=O) groups excluding carboxylic acids is 1. The predicted molar refractivity (Wildman–Crippen MR) is 73.2 cm³/mol. The van der Waals surface area contributed by atoms with Gasteiger partial charge in [-0.15, -0.1) is 3.89 Å². The second kappa shape index (κ2) is 4.97. The molecule has 6 heteroatoms. The van der Waals surface area contributed by atoms with Crippen molar-refractivity contribution in [2.24, 2.45) is 16.7 Å². The molecule has 0 radical (unpaired) electrons. The highest BCUT2D eigenvalue weighted by Gasteiger charge is 2.52. The zero-order chi connectivity index (χ0) is 15.2. The lowest BCUT2D eigenvalue weighted by Crippen LogP contribution is -2.40. The van der Waals surface area contributed by atoms with E-state index in [0.29, 0.717) is 5.92 Å². The summed E-state index contributed by atoms with van der Waals surface area (Å²) >= 11 is 0. The van der Waals surface area contributed by atoms with E-state index in [2.05, 4.69) is 20.8 Å². The Kier molecular flexibility index (Phi) is 3.91. The highest BCUT2D eigenvalue weighted by atomic mass is 32.3. The van der Waals surface area contributed by atoms with E-state index in [1.165, 1.54) is 0 Å². The van der Waals surface area contributed by atoms with Crippen molar-refractivity contribution in [3.63, 3.8) is 0 Å². The molecule has 0 N–H and O–H groups in total. The van der Waals surface area contributed by atoms with Crippen molar-refractivity contribution in [3.8, 4) is 0 Å². The van der Waals surface area contributed by atoms with Crippen molar-refractivity contribution >= 4 is 16.2 Å². The first kappa shape index (κ1) is 15.7. The lowest BCUT2D eigenvalue weighted by atomic mass is 9.62. The minimum absolute atomic E-state index is 0.201. The van der Waals surface area contributed by atoms with E-state index in [1.807, 2.05) is 0 Å². The van der Waals surface area contributed by atoms with Crippen LogP contribution in [0.1, 0.15) is 52.9 Å². The molecular weight excluding hydrogens is 283 g/mol. The fourth-order valence-electron chi connectivity index (χ4n) is 3.68. The molecule has 0 aromatic rings. The summed E-state index contributed by atoms with van der Waals surface area (Å²) in [5.74, 6) is -0.543. The van der Waals surface area contributed by atoms with Crippen LogP contribution < -0.4 is 0 Å². The van der Waals surface area contributed by atoms with Crippen LogP contribution in [0.5, 0.6) is 0 Å². The van der Waals surface area contributed by atoms with Crippen LogP contribution in [0, 0.1) is 16.7 Å². The van der Waals surface area contributed by atoms with E-state index in [0.717, 1.165) is 25.7 Å². The molecule has 2 aliphatic rings. The van der Waals surface area contributed by atoms with Gasteiger partial charge >= 0.3 is 16.2 Å². The summed E-state index contributed by atoms with van der Waals surface area (Å²) in [6, 6.07) is 0. The average Bonchev–Trinajstić information content (AvgIpc) is 2.51. The molecule has 1 aliphatic heterocycles. The van der Waals surface area contributed by atoms with Crippen molar-refractivity contribution in [1.29, 1.82) is 0 Å². The maximum atomic E-state index is 13.0. The van der Waals surface area contributed by atoms with E-state index in [9.17, 15) is 17.1 Å². The van der Waals surface area contributed by atoms with E-state index in [4.69, 9.17) is 4.74 Å². The monoisotopic (exact) mass is 306 g/mol. The molecule has 1 saturated heterocycles. The predicted octanol–water partition coefficient (Wildman–Crippen LogP) is 2.82. The number of ether oxygens (including phenoxy) is 1.